The molecule has 1 aliphatic heterocycles. The molecule has 1 heterocycles. The summed E-state index contributed by atoms with van der Waals surface area (Å²) in [5, 5.41) is 2.81. The zero-order valence-electron chi connectivity index (χ0n) is 9.59. The second kappa shape index (κ2) is 4.39. The van der Waals surface area contributed by atoms with Crippen molar-refractivity contribution >= 4 is 21.8 Å². The van der Waals surface area contributed by atoms with Gasteiger partial charge in [-0.1, -0.05) is 15.9 Å². The molecule has 1 amide bonds. The van der Waals surface area contributed by atoms with Gasteiger partial charge in [0.05, 0.1) is 10.9 Å². The van der Waals surface area contributed by atoms with Crippen LogP contribution in [0.1, 0.15) is 27.7 Å². The van der Waals surface area contributed by atoms with Crippen molar-refractivity contribution < 1.29 is 14.3 Å². The van der Waals surface area contributed by atoms with E-state index < -0.39 is 10.1 Å². The Morgan fingerprint density at radius 2 is 2.20 bits per heavy atom. The monoisotopic (exact) mass is 279 g/mol. The van der Waals surface area contributed by atoms with Crippen LogP contribution >= 0.6 is 15.9 Å². The smallest absolute Gasteiger partial charge is 0.236 e. The number of hydrogen-bond donors (Lipinski definition) is 1. The highest BCUT2D eigenvalue weighted by Gasteiger charge is 2.33. The maximum absolute atomic E-state index is 11.5. The van der Waals surface area contributed by atoms with E-state index in [1.165, 1.54) is 0 Å². The van der Waals surface area contributed by atoms with Crippen molar-refractivity contribution in [2.75, 3.05) is 13.2 Å². The number of carbonyl (C=O) groups is 1. The molecule has 0 aliphatic carbocycles. The molecule has 0 aromatic rings. The predicted molar refractivity (Wildman–Crippen MR) is 60.9 cm³/mol. The third kappa shape index (κ3) is 4.09. The molecule has 1 fully saturated rings. The maximum atomic E-state index is 11.5. The first-order chi connectivity index (χ1) is 6.71. The molecule has 0 bridgehead atoms. The zero-order chi connectivity index (χ0) is 11.7. The number of nitrogens with one attached hydrogen (secondary N) is 1. The first kappa shape index (κ1) is 12.9. The highest BCUT2D eigenvalue weighted by molar-refractivity contribution is 9.10. The Kier molecular flexibility index (Phi) is 3.79. The molecular weight excluding hydrogens is 262 g/mol. The second-order valence-electron chi connectivity index (χ2n) is 4.63. The number of ether oxygens (including phenoxy) is 2. The quantitative estimate of drug-likeness (QED) is 0.795. The van der Waals surface area contributed by atoms with Crippen molar-refractivity contribution in [1.29, 1.82) is 0 Å². The lowest BCUT2D eigenvalue weighted by Crippen LogP contribution is -2.42. The SMILES string of the molecule is CC1(C)OCC(CNC(=O)C(C)(C)Br)O1. The average molecular weight is 280 g/mol. The van der Waals surface area contributed by atoms with Crippen LogP contribution in [0.15, 0.2) is 0 Å². The summed E-state index contributed by atoms with van der Waals surface area (Å²) in [6, 6.07) is 0. The maximum Gasteiger partial charge on any atom is 0.236 e. The van der Waals surface area contributed by atoms with Gasteiger partial charge in [0.2, 0.25) is 5.91 Å². The Bertz CT molecular complexity index is 248. The molecule has 4 nitrogen and oxygen atoms in total. The number of carbonyl (C=O) groups excluding carboxylic acids is 1. The average Bonchev–Trinajstić information content (AvgIpc) is 2.39. The third-order valence-corrected chi connectivity index (χ3v) is 2.46. The third-order valence-electron chi connectivity index (χ3n) is 2.10. The largest absolute Gasteiger partial charge is 0.352 e. The zero-order valence-corrected chi connectivity index (χ0v) is 11.2. The molecule has 1 unspecified atom stereocenters. The molecule has 1 aliphatic rings. The van der Waals surface area contributed by atoms with E-state index in [1.807, 2.05) is 13.8 Å². The Balaban J connectivity index is 2.31. The van der Waals surface area contributed by atoms with Gasteiger partial charge in [-0.2, -0.15) is 0 Å². The van der Waals surface area contributed by atoms with Crippen LogP contribution in [-0.2, 0) is 14.3 Å². The Labute approximate surface area is 98.8 Å². The number of halogens is 1. The molecule has 15 heavy (non-hydrogen) atoms. The molecule has 0 aromatic heterocycles. The fourth-order valence-corrected chi connectivity index (χ4v) is 1.42. The number of rotatable bonds is 3. The van der Waals surface area contributed by atoms with Crippen LogP contribution in [0, 0.1) is 0 Å². The lowest BCUT2D eigenvalue weighted by Gasteiger charge is -2.19. The summed E-state index contributed by atoms with van der Waals surface area (Å²) in [5.41, 5.74) is 0. The van der Waals surface area contributed by atoms with E-state index in [2.05, 4.69) is 21.2 Å². The summed E-state index contributed by atoms with van der Waals surface area (Å²) in [6.07, 6.45) is -0.0567. The van der Waals surface area contributed by atoms with Crippen molar-refractivity contribution in [2.24, 2.45) is 0 Å². The van der Waals surface area contributed by atoms with Gasteiger partial charge < -0.3 is 14.8 Å². The van der Waals surface area contributed by atoms with Crippen molar-refractivity contribution in [3.8, 4) is 0 Å². The minimum atomic E-state index is -0.540. The van der Waals surface area contributed by atoms with Crippen molar-refractivity contribution in [3.63, 3.8) is 0 Å². The fraction of sp³-hybridized carbons (Fsp3) is 0.900. The molecule has 0 radical (unpaired) electrons. The van der Waals surface area contributed by atoms with Crippen molar-refractivity contribution in [3.05, 3.63) is 0 Å². The van der Waals surface area contributed by atoms with Crippen LogP contribution in [0.3, 0.4) is 0 Å². The van der Waals surface area contributed by atoms with Crippen molar-refractivity contribution in [2.45, 2.75) is 43.9 Å². The Morgan fingerprint density at radius 1 is 1.60 bits per heavy atom. The molecular formula is C10H18BrNO3. The fourth-order valence-electron chi connectivity index (χ4n) is 1.28. The van der Waals surface area contributed by atoms with Crippen molar-refractivity contribution in [1.82, 2.24) is 5.32 Å². The van der Waals surface area contributed by atoms with Crippen LogP contribution in [0.5, 0.6) is 0 Å². The van der Waals surface area contributed by atoms with Gasteiger partial charge in [0.25, 0.3) is 0 Å². The Morgan fingerprint density at radius 3 is 2.60 bits per heavy atom. The summed E-state index contributed by atoms with van der Waals surface area (Å²) < 4.78 is 10.4. The lowest BCUT2D eigenvalue weighted by atomic mass is 10.2. The van der Waals surface area contributed by atoms with Gasteiger partial charge in [-0.05, 0) is 27.7 Å². The normalized spacial score (nSPS) is 25.3. The van der Waals surface area contributed by atoms with Gasteiger partial charge in [0.15, 0.2) is 5.79 Å². The summed E-state index contributed by atoms with van der Waals surface area (Å²) >= 11 is 3.29. The van der Waals surface area contributed by atoms with Gasteiger partial charge in [-0.3, -0.25) is 4.79 Å². The molecule has 88 valence electrons. The molecule has 5 heteroatoms. The van der Waals surface area contributed by atoms with Gasteiger partial charge >= 0.3 is 0 Å². The number of alkyl halides is 1. The molecule has 1 rings (SSSR count). The molecule has 0 saturated carbocycles. The number of amides is 1. The van der Waals surface area contributed by atoms with Crippen LogP contribution in [0.2, 0.25) is 0 Å². The topological polar surface area (TPSA) is 47.6 Å². The summed E-state index contributed by atoms with van der Waals surface area (Å²) in [6.45, 7) is 8.34. The van der Waals surface area contributed by atoms with E-state index in [1.54, 1.807) is 13.8 Å². The minimum absolute atomic E-state index is 0.0455. The molecule has 1 saturated heterocycles. The van der Waals surface area contributed by atoms with Crippen LogP contribution in [0.4, 0.5) is 0 Å². The van der Waals surface area contributed by atoms with Gasteiger partial charge in [-0.25, -0.2) is 0 Å². The standard InChI is InChI=1S/C10H18BrNO3/c1-9(2,11)8(13)12-5-7-6-14-10(3,4)15-7/h7H,5-6H2,1-4H3,(H,12,13). The van der Waals surface area contributed by atoms with E-state index in [0.29, 0.717) is 13.2 Å². The van der Waals surface area contributed by atoms with Gasteiger partial charge in [-0.15, -0.1) is 0 Å². The summed E-state index contributed by atoms with van der Waals surface area (Å²) in [5.74, 6) is -0.574. The van der Waals surface area contributed by atoms with E-state index in [-0.39, 0.29) is 12.0 Å². The molecule has 1 N–H and O–H groups in total. The van der Waals surface area contributed by atoms with Gasteiger partial charge in [0, 0.05) is 6.54 Å². The van der Waals surface area contributed by atoms with Crippen LogP contribution in [-0.4, -0.2) is 35.3 Å². The Hall–Kier alpha value is -0.130. The summed E-state index contributed by atoms with van der Waals surface area (Å²) in [4.78, 5) is 11.5. The van der Waals surface area contributed by atoms with Gasteiger partial charge in [0.1, 0.15) is 6.10 Å². The second-order valence-corrected chi connectivity index (χ2v) is 6.62. The predicted octanol–water partition coefficient (Wildman–Crippen LogP) is 1.43. The molecule has 1 atom stereocenters. The van der Waals surface area contributed by atoms with Crippen LogP contribution in [0.25, 0.3) is 0 Å². The molecule has 0 spiro atoms. The first-order valence-electron chi connectivity index (χ1n) is 5.00. The van der Waals surface area contributed by atoms with E-state index in [0.717, 1.165) is 0 Å². The highest BCUT2D eigenvalue weighted by atomic mass is 79.9. The lowest BCUT2D eigenvalue weighted by molar-refractivity contribution is -0.139. The van der Waals surface area contributed by atoms with E-state index >= 15 is 0 Å². The van der Waals surface area contributed by atoms with E-state index in [9.17, 15) is 4.79 Å². The van der Waals surface area contributed by atoms with Crippen LogP contribution < -0.4 is 5.32 Å². The highest BCUT2D eigenvalue weighted by Crippen LogP contribution is 2.22. The summed E-state index contributed by atoms with van der Waals surface area (Å²) in [7, 11) is 0. The number of hydrogen-bond acceptors (Lipinski definition) is 3. The minimum Gasteiger partial charge on any atom is -0.352 e. The molecule has 0 aromatic carbocycles. The van der Waals surface area contributed by atoms with E-state index in [4.69, 9.17) is 9.47 Å². The first-order valence-corrected chi connectivity index (χ1v) is 5.79.